The third kappa shape index (κ3) is 2.58. The zero-order valence-electron chi connectivity index (χ0n) is 9.17. The second-order valence-electron chi connectivity index (χ2n) is 4.36. The van der Waals surface area contributed by atoms with E-state index >= 15 is 0 Å². The number of halogens is 2. The molecule has 3 nitrogen and oxygen atoms in total. The Bertz CT molecular complexity index is 446. The first kappa shape index (κ1) is 12.3. The van der Waals surface area contributed by atoms with Gasteiger partial charge in [-0.2, -0.15) is 0 Å². The van der Waals surface area contributed by atoms with Gasteiger partial charge in [-0.25, -0.2) is 4.39 Å². The first-order valence-electron chi connectivity index (χ1n) is 5.46. The number of benzene rings is 1. The van der Waals surface area contributed by atoms with Crippen LogP contribution < -0.4 is 5.32 Å². The van der Waals surface area contributed by atoms with Crippen LogP contribution >= 0.6 is 11.6 Å². The Labute approximate surface area is 104 Å². The van der Waals surface area contributed by atoms with E-state index in [4.69, 9.17) is 11.6 Å². The molecule has 0 atom stereocenters. The summed E-state index contributed by atoms with van der Waals surface area (Å²) >= 11 is 5.58. The summed E-state index contributed by atoms with van der Waals surface area (Å²) in [4.78, 5) is 11.7. The van der Waals surface area contributed by atoms with Crippen LogP contribution in [0, 0.1) is 5.82 Å². The highest BCUT2D eigenvalue weighted by molar-refractivity contribution is 6.31. The van der Waals surface area contributed by atoms with Gasteiger partial charge < -0.3 is 10.4 Å². The quantitative estimate of drug-likeness (QED) is 0.872. The zero-order chi connectivity index (χ0) is 12.5. The number of hydrogen-bond donors (Lipinski definition) is 2. The molecule has 1 aromatic rings. The van der Waals surface area contributed by atoms with E-state index < -0.39 is 17.3 Å². The van der Waals surface area contributed by atoms with Crippen molar-refractivity contribution in [2.24, 2.45) is 0 Å². The number of aliphatic hydroxyl groups is 1. The molecule has 0 bridgehead atoms. The summed E-state index contributed by atoms with van der Waals surface area (Å²) in [5, 5.41) is 12.2. The maximum Gasteiger partial charge on any atom is 0.254 e. The number of rotatable bonds is 3. The maximum absolute atomic E-state index is 13.5. The van der Waals surface area contributed by atoms with Gasteiger partial charge >= 0.3 is 0 Å². The van der Waals surface area contributed by atoms with Gasteiger partial charge in [0, 0.05) is 6.54 Å². The van der Waals surface area contributed by atoms with Crippen LogP contribution in [-0.4, -0.2) is 23.2 Å². The van der Waals surface area contributed by atoms with Crippen LogP contribution in [-0.2, 0) is 0 Å². The fraction of sp³-hybridized carbons (Fsp3) is 0.417. The molecule has 1 aliphatic carbocycles. The highest BCUT2D eigenvalue weighted by atomic mass is 35.5. The van der Waals surface area contributed by atoms with E-state index in [1.54, 1.807) is 0 Å². The van der Waals surface area contributed by atoms with E-state index in [9.17, 15) is 14.3 Å². The van der Waals surface area contributed by atoms with Gasteiger partial charge in [-0.3, -0.25) is 4.79 Å². The van der Waals surface area contributed by atoms with Crippen molar-refractivity contribution >= 4 is 17.5 Å². The maximum atomic E-state index is 13.5. The highest BCUT2D eigenvalue weighted by Gasteiger charge is 2.34. The van der Waals surface area contributed by atoms with Crippen LogP contribution in [0.1, 0.15) is 29.6 Å². The summed E-state index contributed by atoms with van der Waals surface area (Å²) in [6, 6.07) is 4.26. The number of carbonyl (C=O) groups excluding carboxylic acids is 1. The summed E-state index contributed by atoms with van der Waals surface area (Å²) in [5.74, 6) is -1.28. The van der Waals surface area contributed by atoms with Crippen molar-refractivity contribution in [3.8, 4) is 0 Å². The Hall–Kier alpha value is -1.13. The summed E-state index contributed by atoms with van der Waals surface area (Å²) in [6.45, 7) is 0.151. The fourth-order valence-electron chi connectivity index (χ4n) is 1.78. The Morgan fingerprint density at radius 3 is 2.82 bits per heavy atom. The van der Waals surface area contributed by atoms with Gasteiger partial charge in [0.05, 0.1) is 16.2 Å². The van der Waals surface area contributed by atoms with E-state index in [1.165, 1.54) is 18.2 Å². The first-order valence-corrected chi connectivity index (χ1v) is 5.84. The van der Waals surface area contributed by atoms with Gasteiger partial charge in [0.15, 0.2) is 5.82 Å². The molecule has 2 N–H and O–H groups in total. The van der Waals surface area contributed by atoms with Crippen molar-refractivity contribution in [3.05, 3.63) is 34.6 Å². The van der Waals surface area contributed by atoms with Crippen molar-refractivity contribution in [1.29, 1.82) is 0 Å². The van der Waals surface area contributed by atoms with Crippen LogP contribution in [0.4, 0.5) is 4.39 Å². The number of hydrogen-bond acceptors (Lipinski definition) is 2. The van der Waals surface area contributed by atoms with Crippen LogP contribution in [0.15, 0.2) is 18.2 Å². The van der Waals surface area contributed by atoms with E-state index in [-0.39, 0.29) is 17.1 Å². The number of carbonyl (C=O) groups is 1. The number of nitrogens with one attached hydrogen (secondary N) is 1. The van der Waals surface area contributed by atoms with Crippen LogP contribution in [0.2, 0.25) is 5.02 Å². The monoisotopic (exact) mass is 257 g/mol. The molecule has 0 radical (unpaired) electrons. The Kier molecular flexibility index (Phi) is 3.35. The lowest BCUT2D eigenvalue weighted by Gasteiger charge is -2.36. The minimum Gasteiger partial charge on any atom is -0.388 e. The van der Waals surface area contributed by atoms with Crippen LogP contribution in [0.25, 0.3) is 0 Å². The number of amides is 1. The fourth-order valence-corrected chi connectivity index (χ4v) is 1.96. The van der Waals surface area contributed by atoms with Gasteiger partial charge in [0.2, 0.25) is 0 Å². The molecule has 0 aliphatic heterocycles. The molecule has 2 rings (SSSR count). The Morgan fingerprint density at radius 2 is 2.24 bits per heavy atom. The van der Waals surface area contributed by atoms with Crippen LogP contribution in [0.3, 0.4) is 0 Å². The van der Waals surface area contributed by atoms with E-state index in [0.717, 1.165) is 6.42 Å². The largest absolute Gasteiger partial charge is 0.388 e. The normalized spacial score (nSPS) is 17.4. The summed E-state index contributed by atoms with van der Waals surface area (Å²) in [7, 11) is 0. The lowest BCUT2D eigenvalue weighted by atomic mass is 9.80. The van der Waals surface area contributed by atoms with Crippen molar-refractivity contribution < 1.29 is 14.3 Å². The standard InChI is InChI=1S/C12H13ClFNO2/c13-9-4-1-3-8(10(9)14)11(16)15-7-12(17)5-2-6-12/h1,3-4,17H,2,5-7H2,(H,15,16). The van der Waals surface area contributed by atoms with Gasteiger partial charge in [-0.1, -0.05) is 17.7 Å². The van der Waals surface area contributed by atoms with E-state index in [0.29, 0.717) is 12.8 Å². The lowest BCUT2D eigenvalue weighted by molar-refractivity contribution is -0.0300. The molecule has 0 spiro atoms. The van der Waals surface area contributed by atoms with Crippen molar-refractivity contribution in [1.82, 2.24) is 5.32 Å². The minimum absolute atomic E-state index is 0.0833. The predicted molar refractivity (Wildman–Crippen MR) is 62.5 cm³/mol. The summed E-state index contributed by atoms with van der Waals surface area (Å²) in [5.41, 5.74) is -0.912. The molecule has 0 aromatic heterocycles. The molecule has 17 heavy (non-hydrogen) atoms. The average molecular weight is 258 g/mol. The second kappa shape index (κ2) is 4.63. The molecular formula is C12H13ClFNO2. The van der Waals surface area contributed by atoms with E-state index in [1.807, 2.05) is 0 Å². The molecule has 1 aliphatic rings. The van der Waals surface area contributed by atoms with Crippen molar-refractivity contribution in [2.45, 2.75) is 24.9 Å². The molecule has 0 saturated heterocycles. The van der Waals surface area contributed by atoms with E-state index in [2.05, 4.69) is 5.32 Å². The molecule has 1 amide bonds. The smallest absolute Gasteiger partial charge is 0.254 e. The van der Waals surface area contributed by atoms with Gasteiger partial charge in [0.25, 0.3) is 5.91 Å². The highest BCUT2D eigenvalue weighted by Crippen LogP contribution is 2.30. The van der Waals surface area contributed by atoms with Crippen molar-refractivity contribution in [3.63, 3.8) is 0 Å². The van der Waals surface area contributed by atoms with Crippen molar-refractivity contribution in [2.75, 3.05) is 6.54 Å². The van der Waals surface area contributed by atoms with Gasteiger partial charge in [-0.05, 0) is 31.4 Å². The minimum atomic E-state index is -0.815. The molecule has 0 unspecified atom stereocenters. The molecular weight excluding hydrogens is 245 g/mol. The average Bonchev–Trinajstić information content (AvgIpc) is 2.27. The molecule has 92 valence electrons. The topological polar surface area (TPSA) is 49.3 Å². The van der Waals surface area contributed by atoms with Crippen LogP contribution in [0.5, 0.6) is 0 Å². The molecule has 1 fully saturated rings. The summed E-state index contributed by atoms with van der Waals surface area (Å²) in [6.07, 6.45) is 2.30. The van der Waals surface area contributed by atoms with Gasteiger partial charge in [-0.15, -0.1) is 0 Å². The summed E-state index contributed by atoms with van der Waals surface area (Å²) < 4.78 is 13.5. The molecule has 0 heterocycles. The SMILES string of the molecule is O=C(NCC1(O)CCC1)c1cccc(Cl)c1F. The van der Waals surface area contributed by atoms with Gasteiger partial charge in [0.1, 0.15) is 0 Å². The third-order valence-electron chi connectivity index (χ3n) is 3.06. The Morgan fingerprint density at radius 1 is 1.53 bits per heavy atom. The first-order chi connectivity index (χ1) is 8.02. The second-order valence-corrected chi connectivity index (χ2v) is 4.77. The zero-order valence-corrected chi connectivity index (χ0v) is 9.93. The molecule has 1 aromatic carbocycles. The Balaban J connectivity index is 2.02. The third-order valence-corrected chi connectivity index (χ3v) is 3.35. The lowest BCUT2D eigenvalue weighted by Crippen LogP contribution is -2.47. The molecule has 1 saturated carbocycles. The molecule has 5 heteroatoms. The predicted octanol–water partition coefficient (Wildman–Crippen LogP) is 2.12.